The van der Waals surface area contributed by atoms with E-state index in [0.717, 1.165) is 24.9 Å². The zero-order valence-corrected chi connectivity index (χ0v) is 15.6. The number of carbonyl (C=O) groups is 1. The molecule has 4 heteroatoms. The summed E-state index contributed by atoms with van der Waals surface area (Å²) >= 11 is 1.81. The molecule has 0 bridgehead atoms. The molecular formula is C22H24N2OS. The van der Waals surface area contributed by atoms with Crippen molar-refractivity contribution in [1.82, 2.24) is 10.6 Å². The van der Waals surface area contributed by atoms with Crippen molar-refractivity contribution in [2.75, 3.05) is 6.54 Å². The minimum Gasteiger partial charge on any atom is -0.337 e. The summed E-state index contributed by atoms with van der Waals surface area (Å²) in [7, 11) is 0. The fourth-order valence-corrected chi connectivity index (χ4v) is 5.06. The molecule has 1 fully saturated rings. The Kier molecular flexibility index (Phi) is 4.93. The molecule has 26 heavy (non-hydrogen) atoms. The van der Waals surface area contributed by atoms with Crippen LogP contribution >= 0.6 is 11.3 Å². The largest absolute Gasteiger partial charge is 0.337 e. The molecule has 3 nitrogen and oxygen atoms in total. The molecule has 2 N–H and O–H groups in total. The lowest BCUT2D eigenvalue weighted by molar-refractivity contribution is 0.237. The van der Waals surface area contributed by atoms with Crippen LogP contribution < -0.4 is 10.6 Å². The Balaban J connectivity index is 1.38. The first kappa shape index (κ1) is 17.1. The number of amides is 2. The monoisotopic (exact) mass is 364 g/mol. The molecule has 0 aliphatic heterocycles. The first-order chi connectivity index (χ1) is 12.8. The second-order valence-corrected chi connectivity index (χ2v) is 8.09. The molecule has 0 saturated heterocycles. The quantitative estimate of drug-likeness (QED) is 0.641. The van der Waals surface area contributed by atoms with Crippen LogP contribution in [0.5, 0.6) is 0 Å². The number of hydrogen-bond acceptors (Lipinski definition) is 2. The van der Waals surface area contributed by atoms with Gasteiger partial charge in [-0.1, -0.05) is 61.4 Å². The van der Waals surface area contributed by atoms with E-state index in [1.54, 1.807) is 0 Å². The average molecular weight is 365 g/mol. The van der Waals surface area contributed by atoms with Gasteiger partial charge in [0.1, 0.15) is 0 Å². The van der Waals surface area contributed by atoms with Gasteiger partial charge in [0.05, 0.1) is 0 Å². The minimum absolute atomic E-state index is 0.0826. The maximum absolute atomic E-state index is 12.4. The van der Waals surface area contributed by atoms with Crippen molar-refractivity contribution < 1.29 is 4.79 Å². The summed E-state index contributed by atoms with van der Waals surface area (Å²) in [6.45, 7) is 1.26. The number of thiophene rings is 1. The van der Waals surface area contributed by atoms with Crippen molar-refractivity contribution in [2.45, 2.75) is 37.6 Å². The van der Waals surface area contributed by atoms with Crippen molar-refractivity contribution in [3.8, 4) is 0 Å². The first-order valence-electron chi connectivity index (χ1n) is 9.29. The fourth-order valence-electron chi connectivity index (χ4n) is 4.08. The van der Waals surface area contributed by atoms with E-state index in [2.05, 4.69) is 52.4 Å². The molecule has 0 radical (unpaired) electrons. The molecule has 134 valence electrons. The lowest BCUT2D eigenvalue weighted by Gasteiger charge is -2.28. The van der Waals surface area contributed by atoms with E-state index < -0.39 is 0 Å². The van der Waals surface area contributed by atoms with Crippen LogP contribution in [0.3, 0.4) is 0 Å². The lowest BCUT2D eigenvalue weighted by atomic mass is 9.84. The summed E-state index contributed by atoms with van der Waals surface area (Å²) < 4.78 is 0. The van der Waals surface area contributed by atoms with Crippen LogP contribution in [0.4, 0.5) is 4.79 Å². The molecule has 1 saturated carbocycles. The predicted molar refractivity (Wildman–Crippen MR) is 109 cm³/mol. The van der Waals surface area contributed by atoms with Crippen molar-refractivity contribution >= 4 is 28.1 Å². The highest BCUT2D eigenvalue weighted by atomic mass is 32.1. The van der Waals surface area contributed by atoms with Crippen molar-refractivity contribution in [3.63, 3.8) is 0 Å². The standard InChI is InChI=1S/C22H24N2OS/c25-21(23-15-18-9-5-8-17-7-1-2-10-19(17)18)24-16-22(12-3-4-13-22)20-11-6-14-26-20/h1-2,5-11,14H,3-4,12-13,15-16H2,(H2,23,24,25). The second-order valence-electron chi connectivity index (χ2n) is 7.14. The van der Waals surface area contributed by atoms with Crippen LogP contribution in [-0.2, 0) is 12.0 Å². The van der Waals surface area contributed by atoms with E-state index in [1.165, 1.54) is 28.5 Å². The molecule has 4 rings (SSSR count). The summed E-state index contributed by atoms with van der Waals surface area (Å²) in [6.07, 6.45) is 4.82. The van der Waals surface area contributed by atoms with Gasteiger partial charge >= 0.3 is 6.03 Å². The number of fused-ring (bicyclic) bond motifs is 1. The lowest BCUT2D eigenvalue weighted by Crippen LogP contribution is -2.43. The highest BCUT2D eigenvalue weighted by Gasteiger charge is 2.36. The zero-order valence-electron chi connectivity index (χ0n) is 14.8. The van der Waals surface area contributed by atoms with Gasteiger partial charge in [-0.15, -0.1) is 11.3 Å². The topological polar surface area (TPSA) is 41.1 Å². The van der Waals surface area contributed by atoms with E-state index in [-0.39, 0.29) is 11.4 Å². The maximum Gasteiger partial charge on any atom is 0.315 e. The van der Waals surface area contributed by atoms with Gasteiger partial charge in [0.25, 0.3) is 0 Å². The predicted octanol–water partition coefficient (Wildman–Crippen LogP) is 5.21. The molecular weight excluding hydrogens is 340 g/mol. The second kappa shape index (κ2) is 7.50. The van der Waals surface area contributed by atoms with Gasteiger partial charge < -0.3 is 10.6 Å². The summed E-state index contributed by atoms with van der Waals surface area (Å²) in [4.78, 5) is 13.8. The minimum atomic E-state index is -0.0826. The van der Waals surface area contributed by atoms with E-state index >= 15 is 0 Å². The SMILES string of the molecule is O=C(NCc1cccc2ccccc12)NCC1(c2cccs2)CCCC1. The Hall–Kier alpha value is -2.33. The van der Waals surface area contributed by atoms with Gasteiger partial charge in [-0.05, 0) is 40.6 Å². The Morgan fingerprint density at radius 1 is 0.962 bits per heavy atom. The van der Waals surface area contributed by atoms with E-state index in [4.69, 9.17) is 0 Å². The van der Waals surface area contributed by atoms with Crippen LogP contribution in [0.2, 0.25) is 0 Å². The Morgan fingerprint density at radius 2 is 1.77 bits per heavy atom. The number of hydrogen-bond donors (Lipinski definition) is 2. The van der Waals surface area contributed by atoms with Crippen LogP contribution in [0, 0.1) is 0 Å². The molecule has 0 spiro atoms. The molecule has 2 amide bonds. The summed E-state index contributed by atoms with van der Waals surface area (Å²) in [6, 6.07) is 18.7. The third kappa shape index (κ3) is 3.47. The smallest absolute Gasteiger partial charge is 0.315 e. The Labute approximate surface area is 158 Å². The molecule has 1 heterocycles. The number of urea groups is 1. The third-order valence-electron chi connectivity index (χ3n) is 5.51. The van der Waals surface area contributed by atoms with Gasteiger partial charge in [0, 0.05) is 23.4 Å². The van der Waals surface area contributed by atoms with Crippen LogP contribution in [0.1, 0.15) is 36.1 Å². The summed E-state index contributed by atoms with van der Waals surface area (Å²) in [5.41, 5.74) is 1.28. The summed E-state index contributed by atoms with van der Waals surface area (Å²) in [5.74, 6) is 0. The highest BCUT2D eigenvalue weighted by molar-refractivity contribution is 7.10. The van der Waals surface area contributed by atoms with Gasteiger partial charge in [-0.3, -0.25) is 0 Å². The van der Waals surface area contributed by atoms with Gasteiger partial charge in [-0.2, -0.15) is 0 Å². The van der Waals surface area contributed by atoms with Gasteiger partial charge in [-0.25, -0.2) is 4.79 Å². The van der Waals surface area contributed by atoms with Crippen LogP contribution in [0.25, 0.3) is 10.8 Å². The number of benzene rings is 2. The summed E-state index contributed by atoms with van der Waals surface area (Å²) in [5, 5.41) is 10.7. The molecule has 0 atom stereocenters. The first-order valence-corrected chi connectivity index (χ1v) is 10.2. The van der Waals surface area contributed by atoms with Gasteiger partial charge in [0.15, 0.2) is 0 Å². The zero-order chi connectivity index (χ0) is 17.8. The van der Waals surface area contributed by atoms with Crippen molar-refractivity contribution in [1.29, 1.82) is 0 Å². The molecule has 1 aromatic heterocycles. The average Bonchev–Trinajstić information content (AvgIpc) is 3.37. The normalized spacial score (nSPS) is 15.8. The van der Waals surface area contributed by atoms with Crippen LogP contribution in [0.15, 0.2) is 60.0 Å². The highest BCUT2D eigenvalue weighted by Crippen LogP contribution is 2.42. The molecule has 1 aliphatic carbocycles. The number of rotatable bonds is 5. The van der Waals surface area contributed by atoms with E-state index in [0.29, 0.717) is 6.54 Å². The number of nitrogens with one attached hydrogen (secondary N) is 2. The number of carbonyl (C=O) groups excluding carboxylic acids is 1. The van der Waals surface area contributed by atoms with Crippen LogP contribution in [-0.4, -0.2) is 12.6 Å². The molecule has 1 aliphatic rings. The molecule has 2 aromatic carbocycles. The Morgan fingerprint density at radius 3 is 2.58 bits per heavy atom. The maximum atomic E-state index is 12.4. The molecule has 3 aromatic rings. The fraction of sp³-hybridized carbons (Fsp3) is 0.318. The third-order valence-corrected chi connectivity index (χ3v) is 6.63. The van der Waals surface area contributed by atoms with E-state index in [9.17, 15) is 4.79 Å². The Bertz CT molecular complexity index is 877. The van der Waals surface area contributed by atoms with Crippen molar-refractivity contribution in [3.05, 3.63) is 70.4 Å². The van der Waals surface area contributed by atoms with Crippen molar-refractivity contribution in [2.24, 2.45) is 0 Å². The van der Waals surface area contributed by atoms with E-state index in [1.807, 2.05) is 29.5 Å². The molecule has 0 unspecified atom stereocenters. The van der Waals surface area contributed by atoms with Gasteiger partial charge in [0.2, 0.25) is 0 Å².